The van der Waals surface area contributed by atoms with Crippen molar-refractivity contribution in [2.75, 3.05) is 18.2 Å². The molecule has 2 aromatic carbocycles. The minimum Gasteiger partial charge on any atom is -0.452 e. The van der Waals surface area contributed by atoms with Crippen LogP contribution in [0.1, 0.15) is 10.4 Å². The Morgan fingerprint density at radius 2 is 1.92 bits per heavy atom. The summed E-state index contributed by atoms with van der Waals surface area (Å²) < 4.78 is 40.8. The van der Waals surface area contributed by atoms with Crippen LogP contribution in [0.5, 0.6) is 0 Å². The first-order chi connectivity index (χ1) is 11.7. The third-order valence-corrected chi connectivity index (χ3v) is 4.44. The van der Waals surface area contributed by atoms with Crippen LogP contribution in [0.2, 0.25) is 5.02 Å². The van der Waals surface area contributed by atoms with Crippen molar-refractivity contribution in [3.8, 4) is 0 Å². The highest BCUT2D eigenvalue weighted by Crippen LogP contribution is 2.19. The lowest BCUT2D eigenvalue weighted by atomic mass is 10.2. The molecule has 9 heteroatoms. The summed E-state index contributed by atoms with van der Waals surface area (Å²) >= 11 is 5.60. The quantitative estimate of drug-likeness (QED) is 0.799. The van der Waals surface area contributed by atoms with Gasteiger partial charge >= 0.3 is 5.97 Å². The number of hydrogen-bond acceptors (Lipinski definition) is 5. The molecular formula is C16H13ClFNO5S. The summed E-state index contributed by atoms with van der Waals surface area (Å²) in [7, 11) is -3.47. The molecule has 0 saturated heterocycles. The summed E-state index contributed by atoms with van der Waals surface area (Å²) in [5.41, 5.74) is 0.243. The van der Waals surface area contributed by atoms with Crippen molar-refractivity contribution in [3.05, 3.63) is 58.9 Å². The van der Waals surface area contributed by atoms with Gasteiger partial charge in [0.25, 0.3) is 5.91 Å². The number of esters is 1. The smallest absolute Gasteiger partial charge is 0.338 e. The van der Waals surface area contributed by atoms with Gasteiger partial charge in [-0.15, -0.1) is 0 Å². The molecular weight excluding hydrogens is 373 g/mol. The second kappa shape index (κ2) is 7.62. The molecule has 25 heavy (non-hydrogen) atoms. The van der Waals surface area contributed by atoms with Gasteiger partial charge < -0.3 is 10.1 Å². The van der Waals surface area contributed by atoms with Gasteiger partial charge in [0.05, 0.1) is 15.5 Å². The maximum absolute atomic E-state index is 13.0. The molecule has 0 unspecified atom stereocenters. The average molecular weight is 386 g/mol. The molecule has 0 bridgehead atoms. The van der Waals surface area contributed by atoms with Crippen molar-refractivity contribution in [2.45, 2.75) is 4.90 Å². The van der Waals surface area contributed by atoms with E-state index in [4.69, 9.17) is 16.3 Å². The van der Waals surface area contributed by atoms with Gasteiger partial charge in [-0.25, -0.2) is 17.6 Å². The number of rotatable bonds is 5. The lowest BCUT2D eigenvalue weighted by Gasteiger charge is -2.08. The van der Waals surface area contributed by atoms with Crippen LogP contribution in [0.3, 0.4) is 0 Å². The number of sulfone groups is 1. The molecule has 0 atom stereocenters. The second-order valence-electron chi connectivity index (χ2n) is 5.05. The predicted molar refractivity (Wildman–Crippen MR) is 89.9 cm³/mol. The first-order valence-corrected chi connectivity index (χ1v) is 9.16. The molecule has 2 rings (SSSR count). The molecule has 0 fully saturated rings. The first-order valence-electron chi connectivity index (χ1n) is 6.89. The highest BCUT2D eigenvalue weighted by molar-refractivity contribution is 7.90. The Balaban J connectivity index is 1.97. The molecule has 0 heterocycles. The standard InChI is InChI=1S/C16H13ClFNO5S/c1-25(22,23)12-4-2-3-10(7-12)16(21)24-9-15(20)19-11-5-6-14(18)13(17)8-11/h2-8H,9H2,1H3,(H,19,20). The fraction of sp³-hybridized carbons (Fsp3) is 0.125. The SMILES string of the molecule is CS(=O)(=O)c1cccc(C(=O)OCC(=O)Nc2ccc(F)c(Cl)c2)c1. The maximum atomic E-state index is 13.0. The molecule has 132 valence electrons. The zero-order valence-electron chi connectivity index (χ0n) is 13.0. The van der Waals surface area contributed by atoms with E-state index >= 15 is 0 Å². The minimum absolute atomic E-state index is 0.000511. The van der Waals surface area contributed by atoms with E-state index in [1.807, 2.05) is 0 Å². The van der Waals surface area contributed by atoms with Crippen molar-refractivity contribution in [1.29, 1.82) is 0 Å². The van der Waals surface area contributed by atoms with Crippen molar-refractivity contribution >= 4 is 39.0 Å². The molecule has 0 aliphatic carbocycles. The molecule has 0 saturated carbocycles. The van der Waals surface area contributed by atoms with Gasteiger partial charge in [0.15, 0.2) is 16.4 Å². The molecule has 1 N–H and O–H groups in total. The highest BCUT2D eigenvalue weighted by Gasteiger charge is 2.14. The normalized spacial score (nSPS) is 11.0. The van der Waals surface area contributed by atoms with E-state index in [0.717, 1.165) is 18.4 Å². The van der Waals surface area contributed by atoms with Crippen molar-refractivity contribution in [1.82, 2.24) is 0 Å². The van der Waals surface area contributed by atoms with Crippen LogP contribution in [0, 0.1) is 5.82 Å². The summed E-state index contributed by atoms with van der Waals surface area (Å²) in [6.45, 7) is -0.600. The summed E-state index contributed by atoms with van der Waals surface area (Å²) in [6, 6.07) is 8.87. The van der Waals surface area contributed by atoms with Crippen molar-refractivity contribution in [3.63, 3.8) is 0 Å². The van der Waals surface area contributed by atoms with Gasteiger partial charge in [-0.05, 0) is 36.4 Å². The van der Waals surface area contributed by atoms with E-state index in [-0.39, 0.29) is 21.2 Å². The van der Waals surface area contributed by atoms with Gasteiger partial charge in [0.2, 0.25) is 0 Å². The molecule has 1 amide bonds. The number of ether oxygens (including phenoxy) is 1. The van der Waals surface area contributed by atoms with Crippen LogP contribution in [-0.4, -0.2) is 33.2 Å². The molecule has 2 aromatic rings. The van der Waals surface area contributed by atoms with Crippen molar-refractivity contribution in [2.24, 2.45) is 0 Å². The van der Waals surface area contributed by atoms with E-state index in [2.05, 4.69) is 5.32 Å². The number of hydrogen-bond donors (Lipinski definition) is 1. The van der Waals surface area contributed by atoms with Crippen molar-refractivity contribution < 1.29 is 27.1 Å². The van der Waals surface area contributed by atoms with Crippen LogP contribution < -0.4 is 5.32 Å². The van der Waals surface area contributed by atoms with Gasteiger partial charge in [0, 0.05) is 11.9 Å². The number of amides is 1. The minimum atomic E-state index is -3.47. The Morgan fingerprint density at radius 1 is 1.20 bits per heavy atom. The average Bonchev–Trinajstić information content (AvgIpc) is 2.55. The summed E-state index contributed by atoms with van der Waals surface area (Å²) in [5, 5.41) is 2.23. The number of anilines is 1. The van der Waals surface area contributed by atoms with Gasteiger partial charge in [-0.2, -0.15) is 0 Å². The summed E-state index contributed by atoms with van der Waals surface area (Å²) in [5.74, 6) is -2.13. The van der Waals surface area contributed by atoms with Crippen LogP contribution in [0.4, 0.5) is 10.1 Å². The number of carbonyl (C=O) groups is 2. The Hall–Kier alpha value is -2.45. The topological polar surface area (TPSA) is 89.5 Å². The molecule has 0 aliphatic rings. The Bertz CT molecular complexity index is 930. The fourth-order valence-electron chi connectivity index (χ4n) is 1.84. The van der Waals surface area contributed by atoms with Crippen LogP contribution in [0.25, 0.3) is 0 Å². The Morgan fingerprint density at radius 3 is 2.56 bits per heavy atom. The predicted octanol–water partition coefficient (Wildman–Crippen LogP) is 2.68. The molecule has 0 aliphatic heterocycles. The summed E-state index contributed by atoms with van der Waals surface area (Å²) in [4.78, 5) is 23.6. The lowest BCUT2D eigenvalue weighted by molar-refractivity contribution is -0.119. The van der Waals surface area contributed by atoms with E-state index in [9.17, 15) is 22.4 Å². The number of benzene rings is 2. The zero-order valence-corrected chi connectivity index (χ0v) is 14.5. The maximum Gasteiger partial charge on any atom is 0.338 e. The number of nitrogens with one attached hydrogen (secondary N) is 1. The first kappa shape index (κ1) is 18.9. The second-order valence-corrected chi connectivity index (χ2v) is 7.48. The molecule has 0 radical (unpaired) electrons. The third-order valence-electron chi connectivity index (χ3n) is 3.04. The number of carbonyl (C=O) groups excluding carboxylic acids is 2. The largest absolute Gasteiger partial charge is 0.452 e. The monoisotopic (exact) mass is 385 g/mol. The lowest BCUT2D eigenvalue weighted by Crippen LogP contribution is -2.21. The number of halogens is 2. The van der Waals surface area contributed by atoms with E-state index < -0.39 is 34.1 Å². The summed E-state index contributed by atoms with van der Waals surface area (Å²) in [6.07, 6.45) is 1.01. The van der Waals surface area contributed by atoms with Crippen LogP contribution in [-0.2, 0) is 19.4 Å². The fourth-order valence-corrected chi connectivity index (χ4v) is 2.69. The van der Waals surface area contributed by atoms with Gasteiger partial charge in [-0.3, -0.25) is 4.79 Å². The zero-order chi connectivity index (χ0) is 18.6. The Labute approximate surface area is 148 Å². The van der Waals surface area contributed by atoms with Gasteiger partial charge in [0.1, 0.15) is 5.82 Å². The Kier molecular flexibility index (Phi) is 5.76. The van der Waals surface area contributed by atoms with E-state index in [1.54, 1.807) is 0 Å². The van der Waals surface area contributed by atoms with Crippen LogP contribution in [0.15, 0.2) is 47.4 Å². The van der Waals surface area contributed by atoms with Crippen LogP contribution >= 0.6 is 11.6 Å². The van der Waals surface area contributed by atoms with Gasteiger partial charge in [-0.1, -0.05) is 17.7 Å². The van der Waals surface area contributed by atoms with E-state index in [0.29, 0.717) is 0 Å². The third kappa shape index (κ3) is 5.27. The van der Waals surface area contributed by atoms with E-state index in [1.165, 1.54) is 30.3 Å². The molecule has 6 nitrogen and oxygen atoms in total. The molecule has 0 spiro atoms. The molecule has 0 aromatic heterocycles. The highest BCUT2D eigenvalue weighted by atomic mass is 35.5.